The zero-order valence-electron chi connectivity index (χ0n) is 11.7. The zero-order valence-corrected chi connectivity index (χ0v) is 13.3. The molecule has 0 radical (unpaired) electrons. The van der Waals surface area contributed by atoms with Gasteiger partial charge >= 0.3 is 5.97 Å². The highest BCUT2D eigenvalue weighted by Crippen LogP contribution is 2.42. The summed E-state index contributed by atoms with van der Waals surface area (Å²) >= 11 is 7.86. The van der Waals surface area contributed by atoms with E-state index in [1.54, 1.807) is 11.8 Å². The molecule has 0 saturated heterocycles. The molecule has 0 spiro atoms. The van der Waals surface area contributed by atoms with E-state index in [1.807, 2.05) is 38.1 Å². The van der Waals surface area contributed by atoms with Crippen LogP contribution in [0.5, 0.6) is 0 Å². The van der Waals surface area contributed by atoms with Crippen molar-refractivity contribution in [2.45, 2.75) is 54.8 Å². The SMILES string of the molecule is CC(C)NC1(C(=O)O)CCC(Sc2ccccc2Cl)C1. The van der Waals surface area contributed by atoms with E-state index in [2.05, 4.69) is 5.32 Å². The van der Waals surface area contributed by atoms with Crippen molar-refractivity contribution in [1.29, 1.82) is 0 Å². The van der Waals surface area contributed by atoms with Gasteiger partial charge in [-0.15, -0.1) is 11.8 Å². The van der Waals surface area contributed by atoms with E-state index in [1.165, 1.54) is 0 Å². The molecule has 2 rings (SSSR count). The topological polar surface area (TPSA) is 49.3 Å². The monoisotopic (exact) mass is 313 g/mol. The molecule has 2 atom stereocenters. The lowest BCUT2D eigenvalue weighted by molar-refractivity contribution is -0.145. The molecule has 1 aromatic carbocycles. The van der Waals surface area contributed by atoms with Crippen LogP contribution in [0.3, 0.4) is 0 Å². The summed E-state index contributed by atoms with van der Waals surface area (Å²) in [6, 6.07) is 7.89. The van der Waals surface area contributed by atoms with Gasteiger partial charge < -0.3 is 5.11 Å². The minimum absolute atomic E-state index is 0.162. The van der Waals surface area contributed by atoms with Gasteiger partial charge in [0.1, 0.15) is 5.54 Å². The molecule has 0 aliphatic heterocycles. The van der Waals surface area contributed by atoms with Crippen molar-refractivity contribution >= 4 is 29.3 Å². The van der Waals surface area contributed by atoms with Crippen LogP contribution in [0.25, 0.3) is 0 Å². The van der Waals surface area contributed by atoms with E-state index < -0.39 is 11.5 Å². The number of hydrogen-bond donors (Lipinski definition) is 2. The van der Waals surface area contributed by atoms with Crippen LogP contribution >= 0.6 is 23.4 Å². The summed E-state index contributed by atoms with van der Waals surface area (Å²) in [5, 5.41) is 13.8. The Balaban J connectivity index is 2.07. The molecule has 20 heavy (non-hydrogen) atoms. The van der Waals surface area contributed by atoms with Gasteiger partial charge in [-0.3, -0.25) is 10.1 Å². The summed E-state index contributed by atoms with van der Waals surface area (Å²) in [6.45, 7) is 3.97. The van der Waals surface area contributed by atoms with Gasteiger partial charge in [0.25, 0.3) is 0 Å². The van der Waals surface area contributed by atoms with Crippen LogP contribution in [0.15, 0.2) is 29.2 Å². The van der Waals surface area contributed by atoms with Crippen molar-refractivity contribution in [1.82, 2.24) is 5.32 Å². The predicted octanol–water partition coefficient (Wildman–Crippen LogP) is 3.81. The number of carboxylic acid groups (broad SMARTS) is 1. The van der Waals surface area contributed by atoms with Crippen molar-refractivity contribution in [3.8, 4) is 0 Å². The van der Waals surface area contributed by atoms with Gasteiger partial charge in [0.05, 0.1) is 5.02 Å². The molecule has 1 aliphatic carbocycles. The average Bonchev–Trinajstić information content (AvgIpc) is 2.76. The first kappa shape index (κ1) is 15.7. The van der Waals surface area contributed by atoms with E-state index in [4.69, 9.17) is 11.6 Å². The van der Waals surface area contributed by atoms with E-state index in [0.29, 0.717) is 12.8 Å². The molecule has 0 aromatic heterocycles. The second-order valence-electron chi connectivity index (χ2n) is 5.60. The Morgan fingerprint density at radius 3 is 2.80 bits per heavy atom. The van der Waals surface area contributed by atoms with Gasteiger partial charge in [0.15, 0.2) is 0 Å². The van der Waals surface area contributed by atoms with Crippen molar-refractivity contribution < 1.29 is 9.90 Å². The molecule has 2 unspecified atom stereocenters. The van der Waals surface area contributed by atoms with Crippen molar-refractivity contribution in [2.75, 3.05) is 0 Å². The highest BCUT2D eigenvalue weighted by atomic mass is 35.5. The Labute approximate surface area is 129 Å². The molecule has 2 N–H and O–H groups in total. The van der Waals surface area contributed by atoms with Gasteiger partial charge in [0, 0.05) is 16.2 Å². The minimum atomic E-state index is -0.785. The predicted molar refractivity (Wildman–Crippen MR) is 83.6 cm³/mol. The second-order valence-corrected chi connectivity index (χ2v) is 7.35. The Morgan fingerprint density at radius 1 is 1.50 bits per heavy atom. The van der Waals surface area contributed by atoms with E-state index in [0.717, 1.165) is 16.3 Å². The lowest BCUT2D eigenvalue weighted by atomic mass is 9.97. The van der Waals surface area contributed by atoms with E-state index in [-0.39, 0.29) is 11.3 Å². The molecule has 1 fully saturated rings. The number of carboxylic acids is 1. The fraction of sp³-hybridized carbons (Fsp3) is 0.533. The third kappa shape index (κ3) is 3.48. The number of nitrogens with one attached hydrogen (secondary N) is 1. The van der Waals surface area contributed by atoms with Gasteiger partial charge in [-0.25, -0.2) is 0 Å². The molecule has 0 heterocycles. The smallest absolute Gasteiger partial charge is 0.323 e. The highest BCUT2D eigenvalue weighted by molar-refractivity contribution is 8.00. The number of benzene rings is 1. The number of aliphatic carboxylic acids is 1. The maximum absolute atomic E-state index is 11.6. The fourth-order valence-electron chi connectivity index (χ4n) is 2.76. The first-order chi connectivity index (χ1) is 9.43. The first-order valence-electron chi connectivity index (χ1n) is 6.85. The summed E-state index contributed by atoms with van der Waals surface area (Å²) in [6.07, 6.45) is 2.20. The third-order valence-electron chi connectivity index (χ3n) is 3.57. The van der Waals surface area contributed by atoms with Crippen molar-refractivity contribution in [3.05, 3.63) is 29.3 Å². The lowest BCUT2D eigenvalue weighted by Gasteiger charge is -2.28. The number of hydrogen-bond acceptors (Lipinski definition) is 3. The van der Waals surface area contributed by atoms with Crippen LogP contribution in [0.2, 0.25) is 5.02 Å². The zero-order chi connectivity index (χ0) is 14.8. The lowest BCUT2D eigenvalue weighted by Crippen LogP contribution is -2.53. The molecule has 1 aliphatic rings. The highest BCUT2D eigenvalue weighted by Gasteiger charge is 2.46. The Morgan fingerprint density at radius 2 is 2.20 bits per heavy atom. The molecule has 0 amide bonds. The molecular formula is C15H20ClNO2S. The molecule has 1 aromatic rings. The Hall–Kier alpha value is -0.710. The number of rotatable bonds is 5. The average molecular weight is 314 g/mol. The maximum atomic E-state index is 11.6. The summed E-state index contributed by atoms with van der Waals surface area (Å²) in [4.78, 5) is 12.7. The van der Waals surface area contributed by atoms with E-state index >= 15 is 0 Å². The van der Waals surface area contributed by atoms with Crippen LogP contribution in [-0.4, -0.2) is 27.9 Å². The largest absolute Gasteiger partial charge is 0.480 e. The standard InChI is InChI=1S/C15H20ClNO2S/c1-10(2)17-15(14(18)19)8-7-11(9-15)20-13-6-4-3-5-12(13)16/h3-6,10-11,17H,7-9H2,1-2H3,(H,18,19). The summed E-state index contributed by atoms with van der Waals surface area (Å²) in [5.41, 5.74) is -0.785. The molecule has 1 saturated carbocycles. The van der Waals surface area contributed by atoms with E-state index in [9.17, 15) is 9.90 Å². The quantitative estimate of drug-likeness (QED) is 0.868. The van der Waals surface area contributed by atoms with Crippen molar-refractivity contribution in [2.24, 2.45) is 0 Å². The van der Waals surface area contributed by atoms with Gasteiger partial charge in [-0.1, -0.05) is 23.7 Å². The van der Waals surface area contributed by atoms with Crippen LogP contribution in [0.1, 0.15) is 33.1 Å². The number of halogens is 1. The Bertz CT molecular complexity index is 495. The molecule has 0 bridgehead atoms. The minimum Gasteiger partial charge on any atom is -0.480 e. The van der Waals surface area contributed by atoms with Crippen LogP contribution in [0, 0.1) is 0 Å². The van der Waals surface area contributed by atoms with Crippen LogP contribution < -0.4 is 5.32 Å². The summed E-state index contributed by atoms with van der Waals surface area (Å²) in [5.74, 6) is -0.742. The fourth-order valence-corrected chi connectivity index (χ4v) is 4.33. The second kappa shape index (κ2) is 6.37. The maximum Gasteiger partial charge on any atom is 0.323 e. The third-order valence-corrected chi connectivity index (χ3v) is 5.36. The summed E-state index contributed by atoms with van der Waals surface area (Å²) in [7, 11) is 0. The number of thioether (sulfide) groups is 1. The summed E-state index contributed by atoms with van der Waals surface area (Å²) < 4.78 is 0. The number of carbonyl (C=O) groups is 1. The molecular weight excluding hydrogens is 294 g/mol. The van der Waals surface area contributed by atoms with Gasteiger partial charge in [0.2, 0.25) is 0 Å². The van der Waals surface area contributed by atoms with Gasteiger partial charge in [-0.2, -0.15) is 0 Å². The van der Waals surface area contributed by atoms with Crippen LogP contribution in [-0.2, 0) is 4.79 Å². The molecule has 3 nitrogen and oxygen atoms in total. The van der Waals surface area contributed by atoms with Gasteiger partial charge in [-0.05, 0) is 45.2 Å². The molecule has 5 heteroatoms. The van der Waals surface area contributed by atoms with Crippen molar-refractivity contribution in [3.63, 3.8) is 0 Å². The molecule has 110 valence electrons. The first-order valence-corrected chi connectivity index (χ1v) is 8.11. The normalized spacial score (nSPS) is 26.1. The Kier molecular flexibility index (Phi) is 4.99. The van der Waals surface area contributed by atoms with Crippen LogP contribution in [0.4, 0.5) is 0 Å².